The molecule has 4 aromatic heterocycles. The predicted molar refractivity (Wildman–Crippen MR) is 246 cm³/mol. The van der Waals surface area contributed by atoms with E-state index in [0.29, 0.717) is 23.0 Å². The Labute approximate surface area is 354 Å². The van der Waals surface area contributed by atoms with Crippen molar-refractivity contribution in [3.05, 3.63) is 217 Å². The normalized spacial score (nSPS) is 15.4. The molecule has 0 saturated carbocycles. The first-order valence-corrected chi connectivity index (χ1v) is 20.1. The van der Waals surface area contributed by atoms with Crippen LogP contribution in [0.5, 0.6) is 0 Å². The number of para-hydroxylation sites is 2. The smallest absolute Gasteiger partial charge is 0.110 e. The van der Waals surface area contributed by atoms with E-state index >= 15 is 0 Å². The quantitative estimate of drug-likeness (QED) is 0.146. The van der Waals surface area contributed by atoms with Crippen molar-refractivity contribution in [1.29, 1.82) is 0 Å². The van der Waals surface area contributed by atoms with Gasteiger partial charge in [0.15, 0.2) is 0 Å². The molecule has 57 heavy (non-hydrogen) atoms. The van der Waals surface area contributed by atoms with Crippen LogP contribution in [-0.2, 0) is 0 Å². The van der Waals surface area contributed by atoms with E-state index in [1.165, 1.54) is 0 Å². The molecule has 0 fully saturated rings. The number of rotatable bonds is 7. The van der Waals surface area contributed by atoms with E-state index in [-0.39, 0.29) is 41.5 Å². The Morgan fingerprint density at radius 3 is 1.74 bits per heavy atom. The first-order chi connectivity index (χ1) is 33.2. The molecular formula is C53H34N2S2. The summed E-state index contributed by atoms with van der Waals surface area (Å²) in [5, 5.41) is 6.29. The molecule has 268 valence electrons. The number of benzene rings is 8. The van der Waals surface area contributed by atoms with E-state index in [2.05, 4.69) is 40.8 Å². The summed E-state index contributed by atoms with van der Waals surface area (Å²) in [6.45, 7) is 0. The summed E-state index contributed by atoms with van der Waals surface area (Å²) in [5.41, 5.74) is 5.91. The monoisotopic (exact) mass is 774 g/mol. The molecule has 4 heterocycles. The standard InChI is InChI=1S/C53H34N2S2/c1-6-16-34(17-7-1)38-30-44-49-42-28-26-37(48(35-18-8-2-9-19-35)36-20-10-3-11-21-36)32-46(42)56-52(49)55-51(44)45(31-38)50-43-29-27-41(33-47(43)57-53(50)55)54(39-22-12-4-13-23-39)40-24-14-5-15-25-40/h1-33,48H/i2D,3D,4D,5D,8D,9D,12D,13D,18D,19D,22D,23D. The van der Waals surface area contributed by atoms with E-state index in [1.54, 1.807) is 76.1 Å². The minimum Gasteiger partial charge on any atom is -0.310 e. The molecule has 8 aromatic carbocycles. The van der Waals surface area contributed by atoms with Crippen LogP contribution < -0.4 is 4.90 Å². The number of hydrogen-bond donors (Lipinski definition) is 0. The largest absolute Gasteiger partial charge is 0.310 e. The Morgan fingerprint density at radius 2 is 1.05 bits per heavy atom. The van der Waals surface area contributed by atoms with Crippen molar-refractivity contribution in [2.45, 2.75) is 5.92 Å². The van der Waals surface area contributed by atoms with Gasteiger partial charge in [-0.1, -0.05) is 145 Å². The highest BCUT2D eigenvalue weighted by Crippen LogP contribution is 2.51. The Morgan fingerprint density at radius 1 is 0.439 bits per heavy atom. The molecule has 0 N–H and O–H groups in total. The summed E-state index contributed by atoms with van der Waals surface area (Å²) in [4.78, 5) is 3.69. The zero-order valence-corrected chi connectivity index (χ0v) is 31.5. The molecule has 0 aliphatic carbocycles. The van der Waals surface area contributed by atoms with Gasteiger partial charge in [0.25, 0.3) is 0 Å². The van der Waals surface area contributed by atoms with Gasteiger partial charge in [-0.15, -0.1) is 22.7 Å². The van der Waals surface area contributed by atoms with Crippen molar-refractivity contribution in [3.63, 3.8) is 0 Å². The third-order valence-corrected chi connectivity index (χ3v) is 13.2. The van der Waals surface area contributed by atoms with Crippen molar-refractivity contribution < 1.29 is 16.4 Å². The first kappa shape index (κ1) is 22.7. The van der Waals surface area contributed by atoms with Crippen LogP contribution in [0.25, 0.3) is 68.0 Å². The molecule has 12 aromatic rings. The van der Waals surface area contributed by atoms with Gasteiger partial charge >= 0.3 is 0 Å². The van der Waals surface area contributed by atoms with Gasteiger partial charge in [0.05, 0.1) is 22.0 Å². The summed E-state index contributed by atoms with van der Waals surface area (Å²) < 4.78 is 107. The molecule has 2 nitrogen and oxygen atoms in total. The molecule has 0 aliphatic rings. The van der Waals surface area contributed by atoms with Crippen LogP contribution in [0.1, 0.15) is 39.1 Å². The molecule has 0 amide bonds. The summed E-state index contributed by atoms with van der Waals surface area (Å²) >= 11 is 3.23. The Hall–Kier alpha value is -6.72. The van der Waals surface area contributed by atoms with Gasteiger partial charge in [-0.25, -0.2) is 0 Å². The highest BCUT2D eigenvalue weighted by molar-refractivity contribution is 7.27. The predicted octanol–water partition coefficient (Wildman–Crippen LogP) is 15.6. The summed E-state index contributed by atoms with van der Waals surface area (Å²) in [6, 6.07) is 37.0. The van der Waals surface area contributed by atoms with E-state index in [0.717, 1.165) is 73.6 Å². The molecule has 4 heteroatoms. The molecular weight excluding hydrogens is 729 g/mol. The summed E-state index contributed by atoms with van der Waals surface area (Å²) in [7, 11) is 0. The SMILES string of the molecule is [2H]c1ccc(C(c2ccc3c(c2)sc2c3c3cc(-c4ccccc4)cc4c5c6ccc(N(c7ccc([2H])cc7)c7c([2H])c([2H])c([2H])c([2H])c7[2H])cc6sc5n2c34)c2c([2H])c([2H])c([2H])c([2H])c2[2H])cc1. The van der Waals surface area contributed by atoms with Gasteiger partial charge in [-0.3, -0.25) is 4.40 Å². The molecule has 0 spiro atoms. The highest BCUT2D eigenvalue weighted by atomic mass is 32.1. The lowest BCUT2D eigenvalue weighted by Gasteiger charge is -2.25. The number of fused-ring (bicyclic) bond motifs is 10. The van der Waals surface area contributed by atoms with Gasteiger partial charge in [0.1, 0.15) is 9.66 Å². The van der Waals surface area contributed by atoms with E-state index in [4.69, 9.17) is 16.4 Å². The second kappa shape index (κ2) is 12.9. The average molecular weight is 775 g/mol. The van der Waals surface area contributed by atoms with Crippen molar-refractivity contribution in [2.24, 2.45) is 0 Å². The lowest BCUT2D eigenvalue weighted by atomic mass is 9.85. The second-order valence-corrected chi connectivity index (χ2v) is 16.1. The highest BCUT2D eigenvalue weighted by Gasteiger charge is 2.26. The van der Waals surface area contributed by atoms with Gasteiger partial charge < -0.3 is 4.90 Å². The van der Waals surface area contributed by atoms with Crippen LogP contribution in [0.2, 0.25) is 0 Å². The third-order valence-electron chi connectivity index (χ3n) is 10.9. The number of hydrogen-bond acceptors (Lipinski definition) is 3. The first-order valence-electron chi connectivity index (χ1n) is 24.5. The zero-order chi connectivity index (χ0) is 47.9. The minimum atomic E-state index is -0.730. The molecule has 0 saturated heterocycles. The fraction of sp³-hybridized carbons (Fsp3) is 0.0189. The fourth-order valence-electron chi connectivity index (χ4n) is 8.49. The third kappa shape index (κ3) is 5.08. The molecule has 12 rings (SSSR count). The number of anilines is 3. The Bertz CT molecular complexity index is 3810. The van der Waals surface area contributed by atoms with E-state index in [9.17, 15) is 0 Å². The number of nitrogens with zero attached hydrogens (tertiary/aromatic N) is 2. The van der Waals surface area contributed by atoms with Crippen molar-refractivity contribution in [2.75, 3.05) is 4.90 Å². The molecule has 0 bridgehead atoms. The van der Waals surface area contributed by atoms with Gasteiger partial charge in [-0.05, 0) is 82.4 Å². The summed E-state index contributed by atoms with van der Waals surface area (Å²) in [6.07, 6.45) is 0. The van der Waals surface area contributed by atoms with E-state index in [1.807, 2.05) is 42.5 Å². The maximum Gasteiger partial charge on any atom is 0.110 e. The van der Waals surface area contributed by atoms with Gasteiger partial charge in [-0.2, -0.15) is 0 Å². The molecule has 1 atom stereocenters. The van der Waals surface area contributed by atoms with Crippen LogP contribution in [0, 0.1) is 0 Å². The van der Waals surface area contributed by atoms with E-state index < -0.39 is 42.2 Å². The maximum atomic E-state index is 9.01. The van der Waals surface area contributed by atoms with Crippen LogP contribution in [-0.4, -0.2) is 4.40 Å². The van der Waals surface area contributed by atoms with Crippen LogP contribution in [0.3, 0.4) is 0 Å². The van der Waals surface area contributed by atoms with Crippen molar-refractivity contribution in [3.8, 4) is 11.1 Å². The zero-order valence-electron chi connectivity index (χ0n) is 41.9. The van der Waals surface area contributed by atoms with Crippen LogP contribution >= 0.6 is 22.7 Å². The number of aromatic nitrogens is 1. The van der Waals surface area contributed by atoms with Gasteiger partial charge in [0, 0.05) is 64.7 Å². The fourth-order valence-corrected chi connectivity index (χ4v) is 11.1. The molecule has 1 unspecified atom stereocenters. The van der Waals surface area contributed by atoms with Gasteiger partial charge in [0.2, 0.25) is 0 Å². The minimum absolute atomic E-state index is 0.000659. The maximum absolute atomic E-state index is 9.01. The lowest BCUT2D eigenvalue weighted by Crippen LogP contribution is -2.09. The number of thiophene rings is 2. The van der Waals surface area contributed by atoms with Crippen molar-refractivity contribution in [1.82, 2.24) is 4.40 Å². The average Bonchev–Trinajstić information content (AvgIpc) is 4.10. The van der Waals surface area contributed by atoms with Crippen LogP contribution in [0.15, 0.2) is 200 Å². The second-order valence-electron chi connectivity index (χ2n) is 14.0. The van der Waals surface area contributed by atoms with Crippen LogP contribution in [0.4, 0.5) is 17.1 Å². The Kier molecular flexibility index (Phi) is 5.16. The van der Waals surface area contributed by atoms with Crippen molar-refractivity contribution >= 4 is 96.6 Å². The molecule has 0 aliphatic heterocycles. The molecule has 0 radical (unpaired) electrons. The lowest BCUT2D eigenvalue weighted by molar-refractivity contribution is 0.981. The Balaban J connectivity index is 1.12. The topological polar surface area (TPSA) is 7.65 Å². The summed E-state index contributed by atoms with van der Waals surface area (Å²) in [5.74, 6) is -0.730.